The van der Waals surface area contributed by atoms with E-state index in [0.29, 0.717) is 46.6 Å². The number of ether oxygens (including phenoxy) is 4. The highest BCUT2D eigenvalue weighted by Crippen LogP contribution is 2.42. The third-order valence-corrected chi connectivity index (χ3v) is 10.9. The van der Waals surface area contributed by atoms with Gasteiger partial charge in [0.25, 0.3) is 0 Å². The van der Waals surface area contributed by atoms with Crippen LogP contribution >= 0.6 is 0 Å². The van der Waals surface area contributed by atoms with Gasteiger partial charge in [-0.2, -0.15) is 0 Å². The van der Waals surface area contributed by atoms with Crippen LogP contribution in [0.5, 0.6) is 23.0 Å². The number of benzene rings is 2. The smallest absolute Gasteiger partial charge is 0.493 e. The van der Waals surface area contributed by atoms with Crippen molar-refractivity contribution in [2.75, 3.05) is 55.1 Å². The number of carbonyl (C=O) groups is 1. The van der Waals surface area contributed by atoms with E-state index in [1.165, 1.54) is 5.56 Å². The highest BCUT2D eigenvalue weighted by Gasteiger charge is 2.54. The average molecular weight is 734 g/mol. The molecule has 1 atom stereocenters. The minimum Gasteiger partial charge on any atom is -0.493 e. The lowest BCUT2D eigenvalue weighted by molar-refractivity contribution is -0.674. The third-order valence-electron chi connectivity index (χ3n) is 10.9. The van der Waals surface area contributed by atoms with Crippen molar-refractivity contribution in [1.29, 1.82) is 0 Å². The third kappa shape index (κ3) is 8.15. The predicted molar refractivity (Wildman–Crippen MR) is 205 cm³/mol. The Labute approximate surface area is 312 Å². The number of nitrogens with one attached hydrogen (secondary N) is 1. The van der Waals surface area contributed by atoms with Crippen LogP contribution in [0.25, 0.3) is 6.08 Å². The SMILES string of the molecule is COc1ccc(CCN(C)CCCC(CNC(=O)CCC2=[N+]3C(=Cc4c(C)cc(C)n4C3(F)F)C=C2)(c2ccc(OC)c(OC)c2)C(C)C)cc1OC. The number of carbonyl (C=O) groups excluding carboxylic acids is 1. The van der Waals surface area contributed by atoms with Gasteiger partial charge in [0.05, 0.1) is 34.1 Å². The van der Waals surface area contributed by atoms with E-state index in [9.17, 15) is 4.79 Å². The summed E-state index contributed by atoms with van der Waals surface area (Å²) in [6.45, 7) is 9.99. The number of hydrogen-bond acceptors (Lipinski definition) is 6. The van der Waals surface area contributed by atoms with Gasteiger partial charge in [0.1, 0.15) is 0 Å². The van der Waals surface area contributed by atoms with Crippen LogP contribution in [0.4, 0.5) is 8.78 Å². The molecule has 1 N–H and O–H groups in total. The molecule has 0 spiro atoms. The van der Waals surface area contributed by atoms with Crippen molar-refractivity contribution >= 4 is 17.7 Å². The Morgan fingerprint density at radius 3 is 2.23 bits per heavy atom. The number of fused-ring (bicyclic) bond motifs is 2. The molecule has 0 radical (unpaired) electrons. The fourth-order valence-corrected chi connectivity index (χ4v) is 7.75. The summed E-state index contributed by atoms with van der Waals surface area (Å²) < 4.78 is 56.1. The van der Waals surface area contributed by atoms with Gasteiger partial charge in [0.2, 0.25) is 11.6 Å². The minimum absolute atomic E-state index is 0.0784. The fourth-order valence-electron chi connectivity index (χ4n) is 7.75. The first kappa shape index (κ1) is 39.6. The molecule has 1 unspecified atom stereocenters. The molecule has 2 aliphatic rings. The summed E-state index contributed by atoms with van der Waals surface area (Å²) in [5.74, 6) is 2.65. The number of hydrogen-bond donors (Lipinski definition) is 1. The lowest BCUT2D eigenvalue weighted by atomic mass is 9.68. The summed E-state index contributed by atoms with van der Waals surface area (Å²) in [4.78, 5) is 15.9. The predicted octanol–water partition coefficient (Wildman–Crippen LogP) is 7.47. The maximum absolute atomic E-state index is 15.9. The summed E-state index contributed by atoms with van der Waals surface area (Å²) in [6.07, 6.45) is 4.72. The summed E-state index contributed by atoms with van der Waals surface area (Å²) >= 11 is 0. The molecule has 1 amide bonds. The van der Waals surface area contributed by atoms with Gasteiger partial charge >= 0.3 is 6.17 Å². The lowest BCUT2D eigenvalue weighted by Crippen LogP contribution is -2.45. The van der Waals surface area contributed by atoms with Crippen molar-refractivity contribution in [3.05, 3.63) is 88.4 Å². The van der Waals surface area contributed by atoms with Gasteiger partial charge in [-0.15, -0.1) is 13.4 Å². The van der Waals surface area contributed by atoms with Gasteiger partial charge in [-0.3, -0.25) is 4.79 Å². The second kappa shape index (κ2) is 16.6. The van der Waals surface area contributed by atoms with Crippen LogP contribution in [-0.4, -0.2) is 80.8 Å². The Bertz CT molecular complexity index is 1900. The van der Waals surface area contributed by atoms with Crippen LogP contribution in [0.15, 0.2) is 60.3 Å². The maximum atomic E-state index is 15.9. The molecule has 5 rings (SSSR count). The summed E-state index contributed by atoms with van der Waals surface area (Å²) in [6, 6.07) is 13.8. The lowest BCUT2D eigenvalue weighted by Gasteiger charge is -2.39. The number of alkyl halides is 2. The van der Waals surface area contributed by atoms with E-state index in [4.69, 9.17) is 18.9 Å². The standard InChI is InChI=1S/C42H54F2N4O5/c1-28(2)41(32-12-17-37(51-7)39(25-32)53-9,20-10-21-46(5)22-19-31-11-16-36(50-6)38(24-31)52-8)27-45-40(49)18-15-33-13-14-34-26-35-29(3)23-30(4)47(35)42(43,44)48(33)34/h11-14,16-17,23-26,28H,10,15,18-22,27H2,1-9H3/p+1. The Morgan fingerprint density at radius 1 is 0.906 bits per heavy atom. The van der Waals surface area contributed by atoms with E-state index < -0.39 is 11.6 Å². The number of allylic oxidation sites excluding steroid dienone is 2. The number of rotatable bonds is 18. The molecule has 9 nitrogen and oxygen atoms in total. The molecule has 3 heterocycles. The maximum Gasteiger partial charge on any atom is 0.565 e. The van der Waals surface area contributed by atoms with E-state index in [-0.39, 0.29) is 24.7 Å². The molecule has 53 heavy (non-hydrogen) atoms. The van der Waals surface area contributed by atoms with Crippen LogP contribution in [0, 0.1) is 19.8 Å². The van der Waals surface area contributed by atoms with Gasteiger partial charge in [-0.1, -0.05) is 26.0 Å². The van der Waals surface area contributed by atoms with E-state index in [0.717, 1.165) is 58.4 Å². The van der Waals surface area contributed by atoms with Gasteiger partial charge in [-0.05, 0) is 99.6 Å². The molecule has 1 aromatic heterocycles. The first-order valence-corrected chi connectivity index (χ1v) is 18.3. The molecule has 11 heteroatoms. The minimum atomic E-state index is -3.28. The zero-order chi connectivity index (χ0) is 38.5. The number of likely N-dealkylation sites (N-methyl/N-ethyl adjacent to an activating group) is 1. The molecule has 3 aromatic rings. The van der Waals surface area contributed by atoms with E-state index in [1.807, 2.05) is 31.2 Å². The van der Waals surface area contributed by atoms with Crippen molar-refractivity contribution < 1.29 is 37.1 Å². The van der Waals surface area contributed by atoms with E-state index in [2.05, 4.69) is 43.2 Å². The van der Waals surface area contributed by atoms with Crippen LogP contribution < -0.4 is 24.3 Å². The zero-order valence-corrected chi connectivity index (χ0v) is 32.6. The zero-order valence-electron chi connectivity index (χ0n) is 32.6. The molecule has 286 valence electrons. The largest absolute Gasteiger partial charge is 0.565 e. The van der Waals surface area contributed by atoms with Crippen LogP contribution in [0.2, 0.25) is 0 Å². The molecular weight excluding hydrogens is 678 g/mol. The monoisotopic (exact) mass is 733 g/mol. The summed E-state index contributed by atoms with van der Waals surface area (Å²) in [7, 11) is 8.63. The second-order valence-corrected chi connectivity index (χ2v) is 14.4. The van der Waals surface area contributed by atoms with Crippen molar-refractivity contribution in [1.82, 2.24) is 14.8 Å². The molecule has 0 bridgehead atoms. The first-order valence-electron chi connectivity index (χ1n) is 18.3. The normalized spacial score (nSPS) is 15.6. The number of aromatic nitrogens is 1. The fraction of sp³-hybridized carbons (Fsp3) is 0.476. The average Bonchev–Trinajstić information content (AvgIpc) is 3.70. The Balaban J connectivity index is 1.29. The molecule has 2 aromatic carbocycles. The Kier molecular flexibility index (Phi) is 12.4. The summed E-state index contributed by atoms with van der Waals surface area (Å²) in [5, 5.41) is 3.21. The van der Waals surface area contributed by atoms with Crippen molar-refractivity contribution in [2.45, 2.75) is 71.4 Å². The topological polar surface area (TPSA) is 77.2 Å². The molecule has 0 aliphatic carbocycles. The number of nitrogens with zero attached hydrogens (tertiary/aromatic N) is 3. The highest BCUT2D eigenvalue weighted by molar-refractivity contribution is 5.96. The Morgan fingerprint density at radius 2 is 1.57 bits per heavy atom. The number of methoxy groups -OCH3 is 4. The van der Waals surface area contributed by atoms with Gasteiger partial charge in [0.15, 0.2) is 28.7 Å². The number of halogens is 2. The van der Waals surface area contributed by atoms with Crippen LogP contribution in [0.1, 0.15) is 67.6 Å². The van der Waals surface area contributed by atoms with Crippen molar-refractivity contribution in [2.24, 2.45) is 5.92 Å². The second-order valence-electron chi connectivity index (χ2n) is 14.4. The molecule has 0 fully saturated rings. The highest BCUT2D eigenvalue weighted by atomic mass is 19.3. The Hall–Kier alpha value is -4.64. The first-order chi connectivity index (χ1) is 25.3. The molecule has 2 aliphatic heterocycles. The summed E-state index contributed by atoms with van der Waals surface area (Å²) in [5.41, 5.74) is 4.43. The molecule has 0 saturated heterocycles. The van der Waals surface area contributed by atoms with Crippen LogP contribution in [-0.2, 0) is 22.8 Å². The molecule has 0 saturated carbocycles. The van der Waals surface area contributed by atoms with Crippen LogP contribution in [0.3, 0.4) is 0 Å². The quantitative estimate of drug-likeness (QED) is 0.108. The van der Waals surface area contributed by atoms with Crippen molar-refractivity contribution in [3.63, 3.8) is 0 Å². The van der Waals surface area contributed by atoms with Gasteiger partial charge < -0.3 is 29.2 Å². The van der Waals surface area contributed by atoms with Gasteiger partial charge in [0, 0.05) is 55.3 Å². The van der Waals surface area contributed by atoms with E-state index in [1.54, 1.807) is 59.7 Å². The van der Waals surface area contributed by atoms with Gasteiger partial charge in [-0.25, -0.2) is 4.57 Å². The van der Waals surface area contributed by atoms with Crippen molar-refractivity contribution in [3.8, 4) is 23.0 Å². The number of amides is 1. The molecular formula is C42H55F2N4O5+. The number of aryl methyl sites for hydroxylation is 2. The van der Waals surface area contributed by atoms with E-state index >= 15 is 8.78 Å².